The molecule has 0 bridgehead atoms. The van der Waals surface area contributed by atoms with E-state index in [0.717, 1.165) is 17.9 Å². The number of nitrogens with one attached hydrogen (secondary N) is 1. The fourth-order valence-electron chi connectivity index (χ4n) is 2.56. The molecule has 1 saturated carbocycles. The molecule has 0 heterocycles. The van der Waals surface area contributed by atoms with E-state index in [4.69, 9.17) is 9.57 Å². The summed E-state index contributed by atoms with van der Waals surface area (Å²) in [5.74, 6) is 0.217. The van der Waals surface area contributed by atoms with Crippen molar-refractivity contribution in [1.29, 1.82) is 0 Å². The zero-order valence-corrected chi connectivity index (χ0v) is 13.8. The van der Waals surface area contributed by atoms with Gasteiger partial charge in [-0.2, -0.15) is 0 Å². The van der Waals surface area contributed by atoms with Crippen LogP contribution in [0, 0.1) is 5.92 Å². The molecule has 0 saturated heterocycles. The van der Waals surface area contributed by atoms with Crippen molar-refractivity contribution in [1.82, 2.24) is 10.4 Å². The monoisotopic (exact) mass is 300 g/mol. The van der Waals surface area contributed by atoms with Gasteiger partial charge in [0.25, 0.3) is 5.91 Å². The maximum absolute atomic E-state index is 12.3. The van der Waals surface area contributed by atoms with Gasteiger partial charge in [0.05, 0.1) is 7.11 Å². The van der Waals surface area contributed by atoms with E-state index in [9.17, 15) is 9.59 Å². The molecule has 1 aliphatic carbocycles. The molecular weight excluding hydrogens is 272 g/mol. The van der Waals surface area contributed by atoms with Crippen molar-refractivity contribution in [2.75, 3.05) is 14.2 Å². The van der Waals surface area contributed by atoms with Crippen molar-refractivity contribution in [3.8, 4) is 0 Å². The number of hydroxylamine groups is 2. The summed E-state index contributed by atoms with van der Waals surface area (Å²) < 4.78 is 5.23. The van der Waals surface area contributed by atoms with Crippen LogP contribution in [0.5, 0.6) is 0 Å². The van der Waals surface area contributed by atoms with Gasteiger partial charge in [0.2, 0.25) is 0 Å². The van der Waals surface area contributed by atoms with Crippen LogP contribution >= 0.6 is 0 Å². The lowest BCUT2D eigenvalue weighted by molar-refractivity contribution is -0.171. The highest BCUT2D eigenvalue weighted by molar-refractivity contribution is 5.84. The number of hydrogen-bond acceptors (Lipinski definition) is 4. The second-order valence-corrected chi connectivity index (χ2v) is 6.60. The molecule has 1 N–H and O–H groups in total. The van der Waals surface area contributed by atoms with E-state index < -0.39 is 17.7 Å². The molecule has 1 unspecified atom stereocenters. The highest BCUT2D eigenvalue weighted by Crippen LogP contribution is 2.29. The number of nitrogens with zero attached hydrogens (tertiary/aromatic N) is 1. The quantitative estimate of drug-likeness (QED) is 0.792. The first-order valence-corrected chi connectivity index (χ1v) is 7.54. The van der Waals surface area contributed by atoms with Crippen LogP contribution in [0.2, 0.25) is 0 Å². The lowest BCUT2D eigenvalue weighted by Gasteiger charge is -2.26. The minimum Gasteiger partial charge on any atom is -0.444 e. The SMILES string of the molecule is CON(C)C(=O)C(CC1CCCC1)NC(=O)OC(C)(C)C. The predicted octanol–water partition coefficient (Wildman–Crippen LogP) is 2.48. The molecule has 1 fully saturated rings. The highest BCUT2D eigenvalue weighted by Gasteiger charge is 2.30. The zero-order chi connectivity index (χ0) is 16.0. The third-order valence-corrected chi connectivity index (χ3v) is 3.62. The Labute approximate surface area is 127 Å². The predicted molar refractivity (Wildman–Crippen MR) is 79.5 cm³/mol. The molecule has 1 aliphatic rings. The van der Waals surface area contributed by atoms with E-state index in [1.165, 1.54) is 20.0 Å². The van der Waals surface area contributed by atoms with Gasteiger partial charge in [-0.25, -0.2) is 9.86 Å². The Morgan fingerprint density at radius 3 is 2.33 bits per heavy atom. The summed E-state index contributed by atoms with van der Waals surface area (Å²) >= 11 is 0. The summed E-state index contributed by atoms with van der Waals surface area (Å²) in [6.45, 7) is 5.38. The molecule has 0 aliphatic heterocycles. The second kappa shape index (κ2) is 7.64. The molecule has 0 spiro atoms. The fourth-order valence-corrected chi connectivity index (χ4v) is 2.56. The first kappa shape index (κ1) is 17.8. The van der Waals surface area contributed by atoms with Gasteiger partial charge in [0.1, 0.15) is 11.6 Å². The van der Waals surface area contributed by atoms with Crippen molar-refractivity contribution in [2.24, 2.45) is 5.92 Å². The van der Waals surface area contributed by atoms with Crippen molar-refractivity contribution in [3.63, 3.8) is 0 Å². The topological polar surface area (TPSA) is 67.9 Å². The lowest BCUT2D eigenvalue weighted by atomic mass is 9.98. The number of carbonyl (C=O) groups excluding carboxylic acids is 2. The third-order valence-electron chi connectivity index (χ3n) is 3.62. The lowest BCUT2D eigenvalue weighted by Crippen LogP contribution is -2.49. The van der Waals surface area contributed by atoms with Crippen LogP contribution in [0.1, 0.15) is 52.9 Å². The summed E-state index contributed by atoms with van der Waals surface area (Å²) in [5, 5.41) is 3.83. The number of rotatable bonds is 5. The van der Waals surface area contributed by atoms with Crippen LogP contribution in [-0.4, -0.2) is 42.9 Å². The Kier molecular flexibility index (Phi) is 6.45. The van der Waals surface area contributed by atoms with Crippen LogP contribution in [0.3, 0.4) is 0 Å². The summed E-state index contributed by atoms with van der Waals surface area (Å²) in [4.78, 5) is 29.1. The number of hydrogen-bond donors (Lipinski definition) is 1. The molecule has 21 heavy (non-hydrogen) atoms. The van der Waals surface area contributed by atoms with Gasteiger partial charge in [0.15, 0.2) is 0 Å². The van der Waals surface area contributed by atoms with Gasteiger partial charge >= 0.3 is 6.09 Å². The van der Waals surface area contributed by atoms with E-state index in [1.54, 1.807) is 27.8 Å². The molecule has 122 valence electrons. The molecule has 0 aromatic heterocycles. The fraction of sp³-hybridized carbons (Fsp3) is 0.867. The number of ether oxygens (including phenoxy) is 1. The van der Waals surface area contributed by atoms with E-state index in [1.807, 2.05) is 0 Å². The average Bonchev–Trinajstić information content (AvgIpc) is 2.86. The Bertz CT molecular complexity index is 359. The van der Waals surface area contributed by atoms with Crippen LogP contribution in [0.15, 0.2) is 0 Å². The Hall–Kier alpha value is -1.30. The third kappa shape index (κ3) is 6.33. The van der Waals surface area contributed by atoms with E-state index in [2.05, 4.69) is 5.32 Å². The summed E-state index contributed by atoms with van der Waals surface area (Å²) in [6, 6.07) is -0.604. The molecule has 6 nitrogen and oxygen atoms in total. The van der Waals surface area contributed by atoms with Gasteiger partial charge in [-0.1, -0.05) is 25.7 Å². The summed E-state index contributed by atoms with van der Waals surface area (Å²) in [6.07, 6.45) is 4.66. The number of likely N-dealkylation sites (N-methyl/N-ethyl adjacent to an activating group) is 1. The molecule has 2 amide bonds. The Morgan fingerprint density at radius 2 is 1.86 bits per heavy atom. The van der Waals surface area contributed by atoms with Crippen molar-refractivity contribution >= 4 is 12.0 Å². The average molecular weight is 300 g/mol. The van der Waals surface area contributed by atoms with Gasteiger partial charge in [0, 0.05) is 7.05 Å². The maximum atomic E-state index is 12.3. The van der Waals surface area contributed by atoms with E-state index in [-0.39, 0.29) is 5.91 Å². The van der Waals surface area contributed by atoms with E-state index >= 15 is 0 Å². The first-order chi connectivity index (χ1) is 9.73. The molecule has 1 rings (SSSR count). The smallest absolute Gasteiger partial charge is 0.408 e. The molecule has 0 aromatic carbocycles. The molecular formula is C15H28N2O4. The Balaban J connectivity index is 2.66. The van der Waals surface area contributed by atoms with E-state index in [0.29, 0.717) is 12.3 Å². The maximum Gasteiger partial charge on any atom is 0.408 e. The summed E-state index contributed by atoms with van der Waals surface area (Å²) in [5.41, 5.74) is -0.585. The number of carbonyl (C=O) groups is 2. The van der Waals surface area contributed by atoms with Crippen molar-refractivity contribution in [2.45, 2.75) is 64.5 Å². The number of amides is 2. The number of alkyl carbamates (subject to hydrolysis) is 1. The molecule has 1 atom stereocenters. The van der Waals surface area contributed by atoms with Gasteiger partial charge in [-0.15, -0.1) is 0 Å². The first-order valence-electron chi connectivity index (χ1n) is 7.54. The second-order valence-electron chi connectivity index (χ2n) is 6.60. The standard InChI is InChI=1S/C15H28N2O4/c1-15(2,3)21-14(19)16-12(13(18)17(4)20-5)10-11-8-6-7-9-11/h11-12H,6-10H2,1-5H3,(H,16,19). The highest BCUT2D eigenvalue weighted by atomic mass is 16.7. The van der Waals surface area contributed by atoms with Gasteiger partial charge in [-0.3, -0.25) is 9.63 Å². The van der Waals surface area contributed by atoms with Crippen molar-refractivity contribution < 1.29 is 19.2 Å². The minimum absolute atomic E-state index is 0.254. The molecule has 6 heteroatoms. The normalized spacial score (nSPS) is 17.4. The van der Waals surface area contributed by atoms with Crippen molar-refractivity contribution in [3.05, 3.63) is 0 Å². The van der Waals surface area contributed by atoms with Crippen LogP contribution in [-0.2, 0) is 14.4 Å². The van der Waals surface area contributed by atoms with Crippen LogP contribution < -0.4 is 5.32 Å². The van der Waals surface area contributed by atoms with Crippen LogP contribution in [0.25, 0.3) is 0 Å². The zero-order valence-electron chi connectivity index (χ0n) is 13.8. The van der Waals surface area contributed by atoms with Crippen LogP contribution in [0.4, 0.5) is 4.79 Å². The van der Waals surface area contributed by atoms with Gasteiger partial charge < -0.3 is 10.1 Å². The summed E-state index contributed by atoms with van der Waals surface area (Å²) in [7, 11) is 2.97. The van der Waals surface area contributed by atoms with Gasteiger partial charge in [-0.05, 0) is 33.1 Å². The minimum atomic E-state index is -0.604. The molecule has 0 radical (unpaired) electrons. The largest absolute Gasteiger partial charge is 0.444 e. The molecule has 0 aromatic rings. The Morgan fingerprint density at radius 1 is 1.29 bits per heavy atom.